The largest absolute Gasteiger partial charge is 0.310 e. The lowest BCUT2D eigenvalue weighted by atomic mass is 9.98. The van der Waals surface area contributed by atoms with Gasteiger partial charge < -0.3 is 10.2 Å². The van der Waals surface area contributed by atoms with E-state index in [1.165, 1.54) is 63.8 Å². The van der Waals surface area contributed by atoms with E-state index in [4.69, 9.17) is 0 Å². The molecule has 112 valence electrons. The topological polar surface area (TPSA) is 15.3 Å². The number of unbranched alkanes of at least 4 members (excludes halogenated alkanes) is 1. The zero-order chi connectivity index (χ0) is 14.3. The summed E-state index contributed by atoms with van der Waals surface area (Å²) in [6.45, 7) is 9.55. The van der Waals surface area contributed by atoms with E-state index in [9.17, 15) is 0 Å². The fraction of sp³-hybridized carbons (Fsp3) is 0.667. The summed E-state index contributed by atoms with van der Waals surface area (Å²) in [5.41, 5.74) is 1.79. The van der Waals surface area contributed by atoms with Gasteiger partial charge >= 0.3 is 0 Å². The van der Waals surface area contributed by atoms with Crippen molar-refractivity contribution in [1.29, 1.82) is 0 Å². The molecule has 1 fully saturated rings. The van der Waals surface area contributed by atoms with Crippen molar-refractivity contribution < 1.29 is 0 Å². The van der Waals surface area contributed by atoms with Gasteiger partial charge in [-0.2, -0.15) is 0 Å². The SMILES string of the molecule is CCC1(C)CN(CCCCc2ccccc2)CCCN1. The minimum atomic E-state index is 0.315. The number of nitrogens with one attached hydrogen (secondary N) is 1. The van der Waals surface area contributed by atoms with Crippen LogP contribution in [0.3, 0.4) is 0 Å². The highest BCUT2D eigenvalue weighted by molar-refractivity contribution is 5.14. The lowest BCUT2D eigenvalue weighted by Crippen LogP contribution is -2.48. The lowest BCUT2D eigenvalue weighted by molar-refractivity contribution is 0.212. The minimum absolute atomic E-state index is 0.315. The second-order valence-electron chi connectivity index (χ2n) is 6.41. The molecule has 1 atom stereocenters. The van der Waals surface area contributed by atoms with Gasteiger partial charge in [-0.25, -0.2) is 0 Å². The first-order chi connectivity index (χ1) is 9.72. The van der Waals surface area contributed by atoms with Crippen molar-refractivity contribution >= 4 is 0 Å². The number of benzene rings is 1. The molecule has 1 aromatic carbocycles. The molecule has 1 aromatic rings. The number of aryl methyl sites for hydroxylation is 1. The van der Waals surface area contributed by atoms with Gasteiger partial charge in [0.1, 0.15) is 0 Å². The molecule has 0 amide bonds. The summed E-state index contributed by atoms with van der Waals surface area (Å²) >= 11 is 0. The van der Waals surface area contributed by atoms with E-state index < -0.39 is 0 Å². The van der Waals surface area contributed by atoms with Gasteiger partial charge in [-0.1, -0.05) is 37.3 Å². The Kier molecular flexibility index (Phi) is 6.06. The van der Waals surface area contributed by atoms with E-state index in [2.05, 4.69) is 54.4 Å². The van der Waals surface area contributed by atoms with Crippen LogP contribution in [0.15, 0.2) is 30.3 Å². The van der Waals surface area contributed by atoms with Crippen LogP contribution in [-0.2, 0) is 6.42 Å². The number of hydrogen-bond donors (Lipinski definition) is 1. The molecule has 1 heterocycles. The van der Waals surface area contributed by atoms with Gasteiger partial charge in [-0.05, 0) is 64.2 Å². The fourth-order valence-corrected chi connectivity index (χ4v) is 3.06. The monoisotopic (exact) mass is 274 g/mol. The normalized spacial score (nSPS) is 24.5. The fourth-order valence-electron chi connectivity index (χ4n) is 3.06. The Balaban J connectivity index is 1.70. The summed E-state index contributed by atoms with van der Waals surface area (Å²) in [7, 11) is 0. The van der Waals surface area contributed by atoms with Crippen molar-refractivity contribution in [2.24, 2.45) is 0 Å². The van der Waals surface area contributed by atoms with Crippen molar-refractivity contribution in [2.75, 3.05) is 26.2 Å². The average Bonchev–Trinajstić information content (AvgIpc) is 2.67. The summed E-state index contributed by atoms with van der Waals surface area (Å²) in [5.74, 6) is 0. The predicted molar refractivity (Wildman–Crippen MR) is 87.1 cm³/mol. The lowest BCUT2D eigenvalue weighted by Gasteiger charge is -2.32. The zero-order valence-corrected chi connectivity index (χ0v) is 13.2. The number of nitrogens with zero attached hydrogens (tertiary/aromatic N) is 1. The van der Waals surface area contributed by atoms with Gasteiger partial charge in [-0.3, -0.25) is 0 Å². The van der Waals surface area contributed by atoms with E-state index >= 15 is 0 Å². The van der Waals surface area contributed by atoms with E-state index in [0.717, 1.165) is 0 Å². The molecule has 0 radical (unpaired) electrons. The van der Waals surface area contributed by atoms with Crippen molar-refractivity contribution in [1.82, 2.24) is 10.2 Å². The molecular weight excluding hydrogens is 244 g/mol. The molecule has 0 spiro atoms. The quantitative estimate of drug-likeness (QED) is 0.799. The number of hydrogen-bond acceptors (Lipinski definition) is 2. The second kappa shape index (κ2) is 7.80. The average molecular weight is 274 g/mol. The van der Waals surface area contributed by atoms with Gasteiger partial charge in [0.25, 0.3) is 0 Å². The van der Waals surface area contributed by atoms with Crippen LogP contribution in [0.4, 0.5) is 0 Å². The van der Waals surface area contributed by atoms with Crippen LogP contribution >= 0.6 is 0 Å². The molecule has 1 saturated heterocycles. The van der Waals surface area contributed by atoms with Gasteiger partial charge in [0, 0.05) is 12.1 Å². The van der Waals surface area contributed by atoms with Gasteiger partial charge in [-0.15, -0.1) is 0 Å². The molecular formula is C18H30N2. The van der Waals surface area contributed by atoms with E-state index in [1.54, 1.807) is 0 Å². The van der Waals surface area contributed by atoms with Crippen LogP contribution < -0.4 is 5.32 Å². The van der Waals surface area contributed by atoms with Crippen molar-refractivity contribution in [3.05, 3.63) is 35.9 Å². The maximum absolute atomic E-state index is 3.71. The van der Waals surface area contributed by atoms with Crippen molar-refractivity contribution in [2.45, 2.75) is 51.5 Å². The highest BCUT2D eigenvalue weighted by atomic mass is 15.2. The third-order valence-electron chi connectivity index (χ3n) is 4.59. The predicted octanol–water partition coefficient (Wildman–Crippen LogP) is 3.47. The standard InChI is InChI=1S/C18H30N2/c1-3-18(2)16-20(15-9-13-19-18)14-8-7-12-17-10-5-4-6-11-17/h4-6,10-11,19H,3,7-9,12-16H2,1-2H3. The van der Waals surface area contributed by atoms with Gasteiger partial charge in [0.2, 0.25) is 0 Å². The maximum Gasteiger partial charge on any atom is 0.0277 e. The van der Waals surface area contributed by atoms with Crippen LogP contribution in [0, 0.1) is 0 Å². The first kappa shape index (κ1) is 15.5. The molecule has 1 aliphatic rings. The summed E-state index contributed by atoms with van der Waals surface area (Å²) in [6, 6.07) is 10.9. The Hall–Kier alpha value is -0.860. The second-order valence-corrected chi connectivity index (χ2v) is 6.41. The van der Waals surface area contributed by atoms with Crippen LogP contribution in [0.1, 0.15) is 45.1 Å². The summed E-state index contributed by atoms with van der Waals surface area (Å²) in [5, 5.41) is 3.71. The molecule has 2 nitrogen and oxygen atoms in total. The first-order valence-electron chi connectivity index (χ1n) is 8.23. The van der Waals surface area contributed by atoms with E-state index in [0.29, 0.717) is 5.54 Å². The van der Waals surface area contributed by atoms with Crippen LogP contribution in [0.2, 0.25) is 0 Å². The van der Waals surface area contributed by atoms with Crippen molar-refractivity contribution in [3.63, 3.8) is 0 Å². The summed E-state index contributed by atoms with van der Waals surface area (Å²) in [6.07, 6.45) is 6.34. The smallest absolute Gasteiger partial charge is 0.0277 e. The molecule has 0 aliphatic carbocycles. The van der Waals surface area contributed by atoms with Crippen LogP contribution in [0.25, 0.3) is 0 Å². The summed E-state index contributed by atoms with van der Waals surface area (Å²) in [4.78, 5) is 2.66. The molecule has 1 N–H and O–H groups in total. The van der Waals surface area contributed by atoms with E-state index in [-0.39, 0.29) is 0 Å². The molecule has 20 heavy (non-hydrogen) atoms. The maximum atomic E-state index is 3.71. The Morgan fingerprint density at radius 1 is 1.20 bits per heavy atom. The Morgan fingerprint density at radius 2 is 2.00 bits per heavy atom. The molecule has 1 unspecified atom stereocenters. The highest BCUT2D eigenvalue weighted by Gasteiger charge is 2.26. The molecule has 2 rings (SSSR count). The molecule has 0 aromatic heterocycles. The summed E-state index contributed by atoms with van der Waals surface area (Å²) < 4.78 is 0. The molecule has 1 aliphatic heterocycles. The molecule has 2 heteroatoms. The Bertz CT molecular complexity index is 376. The number of rotatable bonds is 6. The first-order valence-corrected chi connectivity index (χ1v) is 8.23. The zero-order valence-electron chi connectivity index (χ0n) is 13.2. The Morgan fingerprint density at radius 3 is 2.75 bits per heavy atom. The third kappa shape index (κ3) is 4.92. The molecule has 0 bridgehead atoms. The minimum Gasteiger partial charge on any atom is -0.310 e. The molecule has 0 saturated carbocycles. The van der Waals surface area contributed by atoms with Gasteiger partial charge in [0.15, 0.2) is 0 Å². The van der Waals surface area contributed by atoms with Crippen LogP contribution in [0.5, 0.6) is 0 Å². The third-order valence-corrected chi connectivity index (χ3v) is 4.59. The van der Waals surface area contributed by atoms with Gasteiger partial charge in [0.05, 0.1) is 0 Å². The highest BCUT2D eigenvalue weighted by Crippen LogP contribution is 2.16. The Labute approximate surface area is 124 Å². The van der Waals surface area contributed by atoms with Crippen molar-refractivity contribution in [3.8, 4) is 0 Å². The van der Waals surface area contributed by atoms with E-state index in [1.807, 2.05) is 0 Å². The van der Waals surface area contributed by atoms with Crippen LogP contribution in [-0.4, -0.2) is 36.6 Å².